The van der Waals surface area contributed by atoms with E-state index in [4.69, 9.17) is 5.73 Å². The van der Waals surface area contributed by atoms with Gasteiger partial charge in [0.15, 0.2) is 0 Å². The van der Waals surface area contributed by atoms with Crippen molar-refractivity contribution < 1.29 is 9.59 Å². The van der Waals surface area contributed by atoms with Gasteiger partial charge in [-0.3, -0.25) is 9.59 Å². The van der Waals surface area contributed by atoms with Crippen LogP contribution in [0.1, 0.15) is 43.4 Å². The highest BCUT2D eigenvalue weighted by Crippen LogP contribution is 2.43. The Hall–Kier alpha value is -2.92. The van der Waals surface area contributed by atoms with E-state index in [1.807, 2.05) is 35.2 Å². The lowest BCUT2D eigenvalue weighted by atomic mass is 9.74. The molecule has 0 radical (unpaired) electrons. The zero-order valence-electron chi connectivity index (χ0n) is 18.3. The molecule has 2 amide bonds. The third-order valence-electron chi connectivity index (χ3n) is 6.52. The van der Waals surface area contributed by atoms with E-state index in [9.17, 15) is 9.59 Å². The molecule has 1 saturated heterocycles. The highest BCUT2D eigenvalue weighted by Gasteiger charge is 2.40. The van der Waals surface area contributed by atoms with Crippen molar-refractivity contribution in [2.45, 2.75) is 50.1 Å². The average molecular weight is 418 g/mol. The van der Waals surface area contributed by atoms with Crippen molar-refractivity contribution in [2.24, 2.45) is 5.73 Å². The number of hydrogen-bond acceptors (Lipinski definition) is 3. The van der Waals surface area contributed by atoms with E-state index in [0.29, 0.717) is 19.5 Å². The van der Waals surface area contributed by atoms with E-state index < -0.39 is 11.6 Å². The molecule has 1 fully saturated rings. The first kappa shape index (κ1) is 21.3. The van der Waals surface area contributed by atoms with Crippen molar-refractivity contribution in [2.75, 3.05) is 13.1 Å². The fourth-order valence-electron chi connectivity index (χ4n) is 4.61. The molecule has 0 unspecified atom stereocenters. The Labute approximate surface area is 184 Å². The van der Waals surface area contributed by atoms with E-state index in [1.165, 1.54) is 11.1 Å². The van der Waals surface area contributed by atoms with Crippen molar-refractivity contribution in [1.82, 2.24) is 10.2 Å². The molecular formula is C26H31N3O2. The quantitative estimate of drug-likeness (QED) is 0.785. The monoisotopic (exact) mass is 417 g/mol. The van der Waals surface area contributed by atoms with Crippen LogP contribution in [0, 0.1) is 0 Å². The van der Waals surface area contributed by atoms with Crippen LogP contribution in [0.25, 0.3) is 6.08 Å². The number of nitrogens with one attached hydrogen (secondary N) is 1. The van der Waals surface area contributed by atoms with Gasteiger partial charge in [-0.05, 0) is 43.4 Å². The van der Waals surface area contributed by atoms with Gasteiger partial charge in [-0.25, -0.2) is 0 Å². The number of piperidine rings is 1. The summed E-state index contributed by atoms with van der Waals surface area (Å²) in [5.41, 5.74) is 8.61. The number of nitrogens with zero attached hydrogens (tertiary/aromatic N) is 1. The van der Waals surface area contributed by atoms with Crippen molar-refractivity contribution in [1.29, 1.82) is 0 Å². The molecule has 1 atom stereocenters. The molecule has 4 rings (SSSR count). The van der Waals surface area contributed by atoms with Crippen LogP contribution in [0.2, 0.25) is 0 Å². The zero-order valence-corrected chi connectivity index (χ0v) is 18.3. The third kappa shape index (κ3) is 4.42. The van der Waals surface area contributed by atoms with Gasteiger partial charge in [-0.1, -0.05) is 66.7 Å². The molecule has 1 spiro atoms. The second-order valence-electron chi connectivity index (χ2n) is 9.34. The number of benzene rings is 2. The second-order valence-corrected chi connectivity index (χ2v) is 9.34. The van der Waals surface area contributed by atoms with E-state index in [0.717, 1.165) is 18.4 Å². The zero-order chi connectivity index (χ0) is 22.1. The van der Waals surface area contributed by atoms with Gasteiger partial charge in [0.25, 0.3) is 0 Å². The molecule has 1 aliphatic heterocycles. The van der Waals surface area contributed by atoms with Crippen LogP contribution >= 0.6 is 0 Å². The van der Waals surface area contributed by atoms with Gasteiger partial charge in [0.1, 0.15) is 6.04 Å². The lowest BCUT2D eigenvalue weighted by Crippen LogP contribution is -2.58. The van der Waals surface area contributed by atoms with Crippen molar-refractivity contribution in [3.63, 3.8) is 0 Å². The molecule has 31 heavy (non-hydrogen) atoms. The second kappa shape index (κ2) is 8.31. The summed E-state index contributed by atoms with van der Waals surface area (Å²) in [6.07, 6.45) is 6.74. The van der Waals surface area contributed by atoms with E-state index in [2.05, 4.69) is 41.7 Å². The maximum atomic E-state index is 13.5. The predicted molar refractivity (Wildman–Crippen MR) is 123 cm³/mol. The van der Waals surface area contributed by atoms with Crippen LogP contribution in [0.4, 0.5) is 0 Å². The Morgan fingerprint density at radius 2 is 1.71 bits per heavy atom. The summed E-state index contributed by atoms with van der Waals surface area (Å²) >= 11 is 0. The van der Waals surface area contributed by atoms with Gasteiger partial charge in [0, 0.05) is 24.9 Å². The molecule has 2 aliphatic rings. The fourth-order valence-corrected chi connectivity index (χ4v) is 4.61. The number of nitrogens with two attached hydrogens (primary N) is 1. The molecule has 2 aromatic rings. The summed E-state index contributed by atoms with van der Waals surface area (Å²) in [5.74, 6) is -0.352. The standard InChI is InChI=1S/C26H31N3O2/c1-25(2,27)24(31)28-22(18-19-8-4-3-5-9-19)23(30)29-16-14-26(15-17-29)13-12-20-10-6-7-11-21(20)26/h3-13,22H,14-18,27H2,1-2H3,(H,28,31)/t22-/m1/s1. The summed E-state index contributed by atoms with van der Waals surface area (Å²) in [6.45, 7) is 4.65. The molecule has 5 heteroatoms. The fraction of sp³-hybridized carbons (Fsp3) is 0.385. The van der Waals surface area contributed by atoms with Crippen molar-refractivity contribution in [3.8, 4) is 0 Å². The number of fused-ring (bicyclic) bond motifs is 2. The molecule has 0 saturated carbocycles. The van der Waals surface area contributed by atoms with E-state index >= 15 is 0 Å². The van der Waals surface area contributed by atoms with Gasteiger partial charge in [0.2, 0.25) is 11.8 Å². The summed E-state index contributed by atoms with van der Waals surface area (Å²) in [7, 11) is 0. The van der Waals surface area contributed by atoms with E-state index in [1.54, 1.807) is 13.8 Å². The van der Waals surface area contributed by atoms with Gasteiger partial charge < -0.3 is 16.0 Å². The Kier molecular flexibility index (Phi) is 5.71. The number of likely N-dealkylation sites (tertiary alicyclic amines) is 1. The summed E-state index contributed by atoms with van der Waals surface area (Å²) in [6, 6.07) is 17.7. The molecule has 3 N–H and O–H groups in total. The summed E-state index contributed by atoms with van der Waals surface area (Å²) in [4.78, 5) is 27.9. The lowest BCUT2D eigenvalue weighted by molar-refractivity contribution is -0.138. The van der Waals surface area contributed by atoms with Gasteiger partial charge in [-0.15, -0.1) is 0 Å². The number of amides is 2. The molecule has 5 nitrogen and oxygen atoms in total. The van der Waals surface area contributed by atoms with Crippen LogP contribution in [-0.4, -0.2) is 41.4 Å². The highest BCUT2D eigenvalue weighted by atomic mass is 16.2. The minimum Gasteiger partial charge on any atom is -0.342 e. The maximum absolute atomic E-state index is 13.5. The lowest BCUT2D eigenvalue weighted by Gasteiger charge is -2.40. The minimum absolute atomic E-state index is 0.0186. The first-order chi connectivity index (χ1) is 14.8. The van der Waals surface area contributed by atoms with Crippen LogP contribution in [0.5, 0.6) is 0 Å². The van der Waals surface area contributed by atoms with Gasteiger partial charge in [0.05, 0.1) is 5.54 Å². The Balaban J connectivity index is 1.48. The number of allylic oxidation sites excluding steroid dienone is 1. The van der Waals surface area contributed by atoms with E-state index in [-0.39, 0.29) is 17.2 Å². The highest BCUT2D eigenvalue weighted by molar-refractivity contribution is 5.91. The predicted octanol–water partition coefficient (Wildman–Crippen LogP) is 3.04. The first-order valence-electron chi connectivity index (χ1n) is 11.0. The van der Waals surface area contributed by atoms with Crippen molar-refractivity contribution >= 4 is 17.9 Å². The molecular weight excluding hydrogens is 386 g/mol. The number of hydrogen-bond donors (Lipinski definition) is 2. The molecule has 1 heterocycles. The van der Waals surface area contributed by atoms with Gasteiger partial charge >= 0.3 is 0 Å². The average Bonchev–Trinajstić information content (AvgIpc) is 3.12. The number of rotatable bonds is 5. The summed E-state index contributed by atoms with van der Waals surface area (Å²) in [5, 5.41) is 2.91. The minimum atomic E-state index is -1.04. The molecule has 162 valence electrons. The SMILES string of the molecule is CC(C)(N)C(=O)N[C@H](Cc1ccccc1)C(=O)N1CCC2(C=Cc3ccccc32)CC1. The molecule has 0 aromatic heterocycles. The molecule has 0 bridgehead atoms. The Morgan fingerprint density at radius 1 is 1.06 bits per heavy atom. The number of carbonyl (C=O) groups is 2. The topological polar surface area (TPSA) is 75.4 Å². The number of carbonyl (C=O) groups excluding carboxylic acids is 2. The maximum Gasteiger partial charge on any atom is 0.245 e. The molecule has 1 aliphatic carbocycles. The smallest absolute Gasteiger partial charge is 0.245 e. The van der Waals surface area contributed by atoms with Crippen molar-refractivity contribution in [3.05, 3.63) is 77.4 Å². The van der Waals surface area contributed by atoms with Crippen LogP contribution < -0.4 is 11.1 Å². The third-order valence-corrected chi connectivity index (χ3v) is 6.52. The van der Waals surface area contributed by atoms with Crippen LogP contribution in [0.3, 0.4) is 0 Å². The molecule has 2 aromatic carbocycles. The Morgan fingerprint density at radius 3 is 2.39 bits per heavy atom. The first-order valence-corrected chi connectivity index (χ1v) is 11.0. The van der Waals surface area contributed by atoms with Gasteiger partial charge in [-0.2, -0.15) is 0 Å². The largest absolute Gasteiger partial charge is 0.342 e. The van der Waals surface area contributed by atoms with Crippen LogP contribution in [0.15, 0.2) is 60.7 Å². The van der Waals surface area contributed by atoms with Crippen LogP contribution in [-0.2, 0) is 21.4 Å². The summed E-state index contributed by atoms with van der Waals surface area (Å²) < 4.78 is 0. The Bertz CT molecular complexity index is 983. The normalized spacial score (nSPS) is 18.0.